The summed E-state index contributed by atoms with van der Waals surface area (Å²) in [4.78, 5) is 29.6. The summed E-state index contributed by atoms with van der Waals surface area (Å²) in [7, 11) is 3.35. The van der Waals surface area contributed by atoms with E-state index in [-0.39, 0.29) is 18.4 Å². The minimum absolute atomic E-state index is 0.0273. The highest BCUT2D eigenvalue weighted by Gasteiger charge is 2.05. The average Bonchev–Trinajstić information content (AvgIpc) is 2.71. The molecule has 0 aliphatic rings. The summed E-state index contributed by atoms with van der Waals surface area (Å²) in [5.41, 5.74) is 2.36. The highest BCUT2D eigenvalue weighted by Crippen LogP contribution is 2.18. The second-order valence-corrected chi connectivity index (χ2v) is 6.35. The van der Waals surface area contributed by atoms with Crippen molar-refractivity contribution in [2.45, 2.75) is 0 Å². The van der Waals surface area contributed by atoms with Gasteiger partial charge >= 0.3 is 0 Å². The van der Waals surface area contributed by atoms with Gasteiger partial charge in [0, 0.05) is 43.0 Å². The molecule has 0 saturated carbocycles. The van der Waals surface area contributed by atoms with Gasteiger partial charge in [-0.2, -0.15) is 0 Å². The molecule has 0 spiro atoms. The summed E-state index contributed by atoms with van der Waals surface area (Å²) in [5.74, 6) is 0.195. The van der Waals surface area contributed by atoms with E-state index in [9.17, 15) is 9.59 Å². The van der Waals surface area contributed by atoms with Crippen molar-refractivity contribution in [2.75, 3.05) is 26.0 Å². The largest absolute Gasteiger partial charge is 0.484 e. The highest BCUT2D eigenvalue weighted by molar-refractivity contribution is 6.03. The third kappa shape index (κ3) is 4.94. The number of carbonyl (C=O) groups is 2. The lowest BCUT2D eigenvalue weighted by atomic mass is 10.1. The fourth-order valence-corrected chi connectivity index (χ4v) is 2.52. The second kappa shape index (κ2) is 8.81. The van der Waals surface area contributed by atoms with Crippen LogP contribution in [-0.2, 0) is 9.59 Å². The molecule has 2 amide bonds. The van der Waals surface area contributed by atoms with Gasteiger partial charge in [-0.1, -0.05) is 24.3 Å². The first-order chi connectivity index (χ1) is 13.5. The molecule has 3 aromatic rings. The SMILES string of the molecule is CN(C)C(=O)COc1ccc(NC(=O)/C=C/c2cccc3cccnc23)cc1. The van der Waals surface area contributed by atoms with Crippen molar-refractivity contribution >= 4 is 34.5 Å². The molecule has 0 fully saturated rings. The number of benzene rings is 2. The number of nitrogens with zero attached hydrogens (tertiary/aromatic N) is 2. The number of nitrogens with one attached hydrogen (secondary N) is 1. The predicted octanol–water partition coefficient (Wildman–Crippen LogP) is 3.35. The lowest BCUT2D eigenvalue weighted by Crippen LogP contribution is -2.27. The monoisotopic (exact) mass is 375 g/mol. The lowest BCUT2D eigenvalue weighted by molar-refractivity contribution is -0.130. The Morgan fingerprint density at radius 2 is 1.82 bits per heavy atom. The van der Waals surface area contributed by atoms with Gasteiger partial charge in [-0.15, -0.1) is 0 Å². The average molecular weight is 375 g/mol. The fraction of sp³-hybridized carbons (Fsp3) is 0.136. The number of ether oxygens (including phenoxy) is 1. The van der Waals surface area contributed by atoms with Gasteiger partial charge in [-0.3, -0.25) is 14.6 Å². The van der Waals surface area contributed by atoms with E-state index in [2.05, 4.69) is 10.3 Å². The number of hydrogen-bond donors (Lipinski definition) is 1. The van der Waals surface area contributed by atoms with Crippen molar-refractivity contribution in [3.63, 3.8) is 0 Å². The first-order valence-electron chi connectivity index (χ1n) is 8.79. The number of pyridine rings is 1. The van der Waals surface area contributed by atoms with E-state index in [0.717, 1.165) is 16.5 Å². The third-order valence-electron chi connectivity index (χ3n) is 4.06. The third-order valence-corrected chi connectivity index (χ3v) is 4.06. The van der Waals surface area contributed by atoms with Crippen LogP contribution < -0.4 is 10.1 Å². The summed E-state index contributed by atoms with van der Waals surface area (Å²) >= 11 is 0. The Kier molecular flexibility index (Phi) is 6.01. The smallest absolute Gasteiger partial charge is 0.259 e. The topological polar surface area (TPSA) is 71.5 Å². The van der Waals surface area contributed by atoms with Crippen LogP contribution in [0.15, 0.2) is 66.9 Å². The zero-order valence-electron chi connectivity index (χ0n) is 15.8. The molecular weight excluding hydrogens is 354 g/mol. The van der Waals surface area contributed by atoms with Crippen molar-refractivity contribution in [3.05, 3.63) is 72.4 Å². The normalized spacial score (nSPS) is 10.8. The molecule has 142 valence electrons. The number of carbonyl (C=O) groups excluding carboxylic acids is 2. The molecule has 1 heterocycles. The van der Waals surface area contributed by atoms with E-state index < -0.39 is 0 Å². The van der Waals surface area contributed by atoms with Crippen LogP contribution in [0, 0.1) is 0 Å². The van der Waals surface area contributed by atoms with Crippen LogP contribution in [0.25, 0.3) is 17.0 Å². The van der Waals surface area contributed by atoms with E-state index in [1.165, 1.54) is 11.0 Å². The van der Waals surface area contributed by atoms with Gasteiger partial charge in [0.15, 0.2) is 6.61 Å². The summed E-state index contributed by atoms with van der Waals surface area (Å²) in [6, 6.07) is 16.5. The number of aromatic nitrogens is 1. The standard InChI is InChI=1S/C22H21N3O3/c1-25(2)21(27)15-28-19-11-9-18(10-12-19)24-20(26)13-8-17-6-3-5-16-7-4-14-23-22(16)17/h3-14H,15H2,1-2H3,(H,24,26)/b13-8+. The molecule has 0 bridgehead atoms. The van der Waals surface area contributed by atoms with Crippen LogP contribution in [0.3, 0.4) is 0 Å². The molecular formula is C22H21N3O3. The number of amides is 2. The Morgan fingerprint density at radius 3 is 2.57 bits per heavy atom. The molecule has 0 atom stereocenters. The number of para-hydroxylation sites is 1. The van der Waals surface area contributed by atoms with Gasteiger partial charge in [0.1, 0.15) is 5.75 Å². The Balaban J connectivity index is 1.60. The molecule has 1 aromatic heterocycles. The molecule has 0 aliphatic carbocycles. The lowest BCUT2D eigenvalue weighted by Gasteiger charge is -2.11. The van der Waals surface area contributed by atoms with Gasteiger partial charge in [-0.25, -0.2) is 0 Å². The molecule has 2 aromatic carbocycles. The Labute approximate surface area is 163 Å². The number of rotatable bonds is 6. The molecule has 6 nitrogen and oxygen atoms in total. The molecule has 6 heteroatoms. The zero-order valence-corrected chi connectivity index (χ0v) is 15.8. The maximum Gasteiger partial charge on any atom is 0.259 e. The van der Waals surface area contributed by atoms with Crippen LogP contribution in [0.5, 0.6) is 5.75 Å². The summed E-state index contributed by atoms with van der Waals surface area (Å²) < 4.78 is 5.41. The highest BCUT2D eigenvalue weighted by atomic mass is 16.5. The molecule has 0 radical (unpaired) electrons. The minimum atomic E-state index is -0.246. The molecule has 0 unspecified atom stereocenters. The second-order valence-electron chi connectivity index (χ2n) is 6.35. The van der Waals surface area contributed by atoms with Crippen LogP contribution in [0.4, 0.5) is 5.69 Å². The Bertz CT molecular complexity index is 1010. The Hall–Kier alpha value is -3.67. The van der Waals surface area contributed by atoms with Crippen LogP contribution >= 0.6 is 0 Å². The van der Waals surface area contributed by atoms with Gasteiger partial charge in [0.05, 0.1) is 5.52 Å². The van der Waals surface area contributed by atoms with E-state index in [0.29, 0.717) is 11.4 Å². The van der Waals surface area contributed by atoms with Gasteiger partial charge in [-0.05, 0) is 36.4 Å². The minimum Gasteiger partial charge on any atom is -0.484 e. The number of anilines is 1. The maximum atomic E-state index is 12.2. The first-order valence-corrected chi connectivity index (χ1v) is 8.79. The van der Waals surface area contributed by atoms with Gasteiger partial charge in [0.25, 0.3) is 5.91 Å². The maximum absolute atomic E-state index is 12.2. The van der Waals surface area contributed by atoms with Crippen molar-refractivity contribution in [3.8, 4) is 5.75 Å². The molecule has 3 rings (SSSR count). The Morgan fingerprint density at radius 1 is 1.07 bits per heavy atom. The first kappa shape index (κ1) is 19.1. The molecule has 1 N–H and O–H groups in total. The zero-order chi connectivity index (χ0) is 19.9. The fourth-order valence-electron chi connectivity index (χ4n) is 2.52. The van der Waals surface area contributed by atoms with E-state index >= 15 is 0 Å². The van der Waals surface area contributed by atoms with Crippen molar-refractivity contribution in [2.24, 2.45) is 0 Å². The van der Waals surface area contributed by atoms with Crippen molar-refractivity contribution in [1.29, 1.82) is 0 Å². The molecule has 0 aliphatic heterocycles. The number of hydrogen-bond acceptors (Lipinski definition) is 4. The summed E-state index contributed by atoms with van der Waals surface area (Å²) in [6.07, 6.45) is 4.95. The summed E-state index contributed by atoms with van der Waals surface area (Å²) in [6.45, 7) is -0.0273. The number of fused-ring (bicyclic) bond motifs is 1. The molecule has 28 heavy (non-hydrogen) atoms. The van der Waals surface area contributed by atoms with Gasteiger partial charge < -0.3 is 15.0 Å². The molecule has 0 saturated heterocycles. The van der Waals surface area contributed by atoms with E-state index in [1.807, 2.05) is 30.3 Å². The van der Waals surface area contributed by atoms with Crippen LogP contribution in [0.2, 0.25) is 0 Å². The number of likely N-dealkylation sites (N-methyl/N-ethyl adjacent to an activating group) is 1. The predicted molar refractivity (Wildman–Crippen MR) is 110 cm³/mol. The van der Waals surface area contributed by atoms with Gasteiger partial charge in [0.2, 0.25) is 5.91 Å². The quantitative estimate of drug-likeness (QED) is 0.671. The van der Waals surface area contributed by atoms with Crippen LogP contribution in [-0.4, -0.2) is 42.4 Å². The van der Waals surface area contributed by atoms with E-state index in [4.69, 9.17) is 4.74 Å². The van der Waals surface area contributed by atoms with Crippen LogP contribution in [0.1, 0.15) is 5.56 Å². The van der Waals surface area contributed by atoms with Crippen molar-refractivity contribution < 1.29 is 14.3 Å². The van der Waals surface area contributed by atoms with Crippen molar-refractivity contribution in [1.82, 2.24) is 9.88 Å². The van der Waals surface area contributed by atoms with E-state index in [1.54, 1.807) is 50.6 Å². The summed E-state index contributed by atoms with van der Waals surface area (Å²) in [5, 5.41) is 3.82.